The Morgan fingerprint density at radius 1 is 1.20 bits per heavy atom. The summed E-state index contributed by atoms with van der Waals surface area (Å²) in [6.07, 6.45) is 0. The zero-order chi connectivity index (χ0) is 14.7. The maximum Gasteiger partial charge on any atom is 0.253 e. The molecule has 0 heterocycles. The number of hydrogen-bond acceptors (Lipinski definition) is 2. The summed E-state index contributed by atoms with van der Waals surface area (Å²) in [5.41, 5.74) is 7.80. The van der Waals surface area contributed by atoms with E-state index in [0.717, 1.165) is 14.5 Å². The number of nitrogen functional groups attached to an aromatic ring is 1. The summed E-state index contributed by atoms with van der Waals surface area (Å²) in [5.74, 6) is -0.188. The number of amides is 1. The molecule has 0 radical (unpaired) electrons. The van der Waals surface area contributed by atoms with Crippen molar-refractivity contribution in [3.05, 3.63) is 62.5 Å². The highest BCUT2D eigenvalue weighted by molar-refractivity contribution is 9.10. The first-order chi connectivity index (χ1) is 9.49. The molecule has 5 heteroatoms. The van der Waals surface area contributed by atoms with Crippen molar-refractivity contribution in [3.63, 3.8) is 0 Å². The second-order valence-electron chi connectivity index (χ2n) is 4.45. The third kappa shape index (κ3) is 3.41. The second kappa shape index (κ2) is 6.41. The summed E-state index contributed by atoms with van der Waals surface area (Å²) in [7, 11) is 0. The van der Waals surface area contributed by atoms with Crippen LogP contribution in [-0.4, -0.2) is 5.91 Å². The Labute approximate surface area is 134 Å². The highest BCUT2D eigenvalue weighted by Gasteiger charge is 2.15. The number of halogens is 2. The lowest BCUT2D eigenvalue weighted by Gasteiger charge is -2.16. The largest absolute Gasteiger partial charge is 0.398 e. The molecule has 0 aliphatic carbocycles. The Morgan fingerprint density at radius 3 is 2.60 bits per heavy atom. The Kier molecular flexibility index (Phi) is 4.83. The van der Waals surface area contributed by atoms with Crippen molar-refractivity contribution in [3.8, 4) is 0 Å². The molecule has 0 unspecified atom stereocenters. The number of nitrogens with one attached hydrogen (secondary N) is 1. The number of anilines is 1. The SMILES string of the molecule is C[C@@H](NC(=O)c1cc(Br)ccc1N)c1ccccc1Br. The summed E-state index contributed by atoms with van der Waals surface area (Å²) in [5, 5.41) is 2.95. The third-order valence-corrected chi connectivity index (χ3v) is 4.19. The van der Waals surface area contributed by atoms with Crippen molar-refractivity contribution >= 4 is 43.5 Å². The molecule has 2 aromatic carbocycles. The van der Waals surface area contributed by atoms with Crippen LogP contribution in [0, 0.1) is 0 Å². The van der Waals surface area contributed by atoms with Crippen molar-refractivity contribution in [2.45, 2.75) is 13.0 Å². The van der Waals surface area contributed by atoms with E-state index >= 15 is 0 Å². The molecule has 0 fully saturated rings. The molecule has 1 atom stereocenters. The quantitative estimate of drug-likeness (QED) is 0.759. The summed E-state index contributed by atoms with van der Waals surface area (Å²) in [6.45, 7) is 1.94. The van der Waals surface area contributed by atoms with Crippen LogP contribution in [0.25, 0.3) is 0 Å². The van der Waals surface area contributed by atoms with E-state index in [2.05, 4.69) is 37.2 Å². The predicted octanol–water partition coefficient (Wildman–Crippen LogP) is 4.28. The van der Waals surface area contributed by atoms with E-state index in [-0.39, 0.29) is 11.9 Å². The highest BCUT2D eigenvalue weighted by Crippen LogP contribution is 2.24. The van der Waals surface area contributed by atoms with Crippen LogP contribution in [0.3, 0.4) is 0 Å². The van der Waals surface area contributed by atoms with Gasteiger partial charge in [-0.1, -0.05) is 50.1 Å². The summed E-state index contributed by atoms with van der Waals surface area (Å²) in [6, 6.07) is 12.9. The van der Waals surface area contributed by atoms with Crippen LogP contribution in [0.15, 0.2) is 51.4 Å². The van der Waals surface area contributed by atoms with Gasteiger partial charge in [0, 0.05) is 14.6 Å². The fourth-order valence-corrected chi connectivity index (χ4v) is 2.89. The molecule has 0 saturated carbocycles. The average Bonchev–Trinajstić information content (AvgIpc) is 2.41. The van der Waals surface area contributed by atoms with E-state index in [0.29, 0.717) is 11.3 Å². The first-order valence-corrected chi connectivity index (χ1v) is 7.68. The van der Waals surface area contributed by atoms with Gasteiger partial charge in [0.1, 0.15) is 0 Å². The lowest BCUT2D eigenvalue weighted by molar-refractivity contribution is 0.0940. The predicted molar refractivity (Wildman–Crippen MR) is 88.6 cm³/mol. The molecule has 0 spiro atoms. The molecule has 0 saturated heterocycles. The van der Waals surface area contributed by atoms with Crippen LogP contribution in [0.5, 0.6) is 0 Å². The van der Waals surface area contributed by atoms with Gasteiger partial charge in [-0.15, -0.1) is 0 Å². The summed E-state index contributed by atoms with van der Waals surface area (Å²) >= 11 is 6.83. The number of hydrogen-bond donors (Lipinski definition) is 2. The molecule has 0 bridgehead atoms. The molecule has 2 rings (SSSR count). The van der Waals surface area contributed by atoms with Crippen LogP contribution in [-0.2, 0) is 0 Å². The minimum absolute atomic E-state index is 0.114. The van der Waals surface area contributed by atoms with Gasteiger partial charge in [0.2, 0.25) is 0 Å². The Morgan fingerprint density at radius 2 is 1.90 bits per heavy atom. The molecule has 0 aliphatic heterocycles. The van der Waals surface area contributed by atoms with Gasteiger partial charge < -0.3 is 11.1 Å². The topological polar surface area (TPSA) is 55.1 Å². The monoisotopic (exact) mass is 396 g/mol. The summed E-state index contributed by atoms with van der Waals surface area (Å²) in [4.78, 5) is 12.3. The first kappa shape index (κ1) is 15.1. The second-order valence-corrected chi connectivity index (χ2v) is 6.22. The van der Waals surface area contributed by atoms with Crippen LogP contribution >= 0.6 is 31.9 Å². The normalized spacial score (nSPS) is 11.9. The fraction of sp³-hybridized carbons (Fsp3) is 0.133. The number of benzene rings is 2. The van der Waals surface area contributed by atoms with E-state index in [4.69, 9.17) is 5.73 Å². The Balaban J connectivity index is 2.20. The van der Waals surface area contributed by atoms with E-state index < -0.39 is 0 Å². The van der Waals surface area contributed by atoms with Crippen molar-refractivity contribution in [2.24, 2.45) is 0 Å². The van der Waals surface area contributed by atoms with E-state index in [1.165, 1.54) is 0 Å². The average molecular weight is 398 g/mol. The zero-order valence-electron chi connectivity index (χ0n) is 10.9. The van der Waals surface area contributed by atoms with Gasteiger partial charge in [0.25, 0.3) is 5.91 Å². The molecule has 0 aromatic heterocycles. The molecular formula is C15H14Br2N2O. The number of nitrogens with two attached hydrogens (primary N) is 1. The fourth-order valence-electron chi connectivity index (χ4n) is 1.90. The number of carbonyl (C=O) groups excluding carboxylic acids is 1. The van der Waals surface area contributed by atoms with Crippen molar-refractivity contribution in [1.29, 1.82) is 0 Å². The molecule has 20 heavy (non-hydrogen) atoms. The van der Waals surface area contributed by atoms with Gasteiger partial charge in [0.15, 0.2) is 0 Å². The standard InChI is InChI=1S/C15H14Br2N2O/c1-9(11-4-2-3-5-13(11)17)19-15(20)12-8-10(16)6-7-14(12)18/h2-9H,18H2,1H3,(H,19,20)/t9-/m1/s1. The van der Waals surface area contributed by atoms with Crippen LogP contribution in [0.4, 0.5) is 5.69 Å². The summed E-state index contributed by atoms with van der Waals surface area (Å²) < 4.78 is 1.79. The van der Waals surface area contributed by atoms with E-state index in [1.807, 2.05) is 37.3 Å². The van der Waals surface area contributed by atoms with E-state index in [1.54, 1.807) is 12.1 Å². The molecular weight excluding hydrogens is 384 g/mol. The number of carbonyl (C=O) groups is 1. The maximum absolute atomic E-state index is 12.3. The molecule has 3 nitrogen and oxygen atoms in total. The molecule has 3 N–H and O–H groups in total. The van der Waals surface area contributed by atoms with Gasteiger partial charge in [0.05, 0.1) is 11.6 Å². The van der Waals surface area contributed by atoms with Crippen LogP contribution in [0.1, 0.15) is 28.9 Å². The maximum atomic E-state index is 12.3. The minimum Gasteiger partial charge on any atom is -0.398 e. The third-order valence-electron chi connectivity index (χ3n) is 2.98. The molecule has 0 aliphatic rings. The lowest BCUT2D eigenvalue weighted by Crippen LogP contribution is -2.27. The molecule has 2 aromatic rings. The Hall–Kier alpha value is -1.33. The molecule has 1 amide bonds. The van der Waals surface area contributed by atoms with Gasteiger partial charge in [-0.3, -0.25) is 4.79 Å². The van der Waals surface area contributed by atoms with E-state index in [9.17, 15) is 4.79 Å². The van der Waals surface area contributed by atoms with Gasteiger partial charge in [-0.25, -0.2) is 0 Å². The minimum atomic E-state index is -0.188. The molecule has 104 valence electrons. The first-order valence-electron chi connectivity index (χ1n) is 6.09. The Bertz CT molecular complexity index is 644. The van der Waals surface area contributed by atoms with Crippen molar-refractivity contribution < 1.29 is 4.79 Å². The smallest absolute Gasteiger partial charge is 0.253 e. The van der Waals surface area contributed by atoms with Crippen molar-refractivity contribution in [2.75, 3.05) is 5.73 Å². The number of rotatable bonds is 3. The lowest BCUT2D eigenvalue weighted by atomic mass is 10.1. The van der Waals surface area contributed by atoms with Crippen molar-refractivity contribution in [1.82, 2.24) is 5.32 Å². The van der Waals surface area contributed by atoms with Gasteiger partial charge in [-0.2, -0.15) is 0 Å². The van der Waals surface area contributed by atoms with Gasteiger partial charge >= 0.3 is 0 Å². The van der Waals surface area contributed by atoms with Crippen LogP contribution < -0.4 is 11.1 Å². The van der Waals surface area contributed by atoms with Crippen LogP contribution in [0.2, 0.25) is 0 Å². The highest BCUT2D eigenvalue weighted by atomic mass is 79.9. The zero-order valence-corrected chi connectivity index (χ0v) is 14.0. The van der Waals surface area contributed by atoms with Gasteiger partial charge in [-0.05, 0) is 36.8 Å².